The van der Waals surface area contributed by atoms with Gasteiger partial charge in [0.05, 0.1) is 10.7 Å². The average Bonchev–Trinajstić information content (AvgIpc) is 3.21. The Balaban J connectivity index is 1.65. The number of hydrogen-bond donors (Lipinski definition) is 3. The van der Waals surface area contributed by atoms with Gasteiger partial charge in [-0.2, -0.15) is 0 Å². The summed E-state index contributed by atoms with van der Waals surface area (Å²) in [5.41, 5.74) is 1.12. The van der Waals surface area contributed by atoms with Crippen LogP contribution in [0.3, 0.4) is 0 Å². The second-order valence-electron chi connectivity index (χ2n) is 6.89. The molecule has 1 aromatic rings. The van der Waals surface area contributed by atoms with Crippen molar-refractivity contribution in [2.75, 3.05) is 26.2 Å². The van der Waals surface area contributed by atoms with E-state index in [0.29, 0.717) is 32.0 Å². The summed E-state index contributed by atoms with van der Waals surface area (Å²) >= 11 is 1.75. The van der Waals surface area contributed by atoms with Crippen LogP contribution in [0.15, 0.2) is 4.99 Å². The number of aliphatic imine (C=N–C) groups is 1. The first-order valence-corrected chi connectivity index (χ1v) is 10.6. The van der Waals surface area contributed by atoms with E-state index in [0.717, 1.165) is 29.6 Å². The highest BCUT2D eigenvalue weighted by Gasteiger charge is 2.17. The third kappa shape index (κ3) is 7.32. The number of rotatable bonds is 9. The normalized spacial score (nSPS) is 15.3. The van der Waals surface area contributed by atoms with Crippen molar-refractivity contribution in [1.29, 1.82) is 0 Å². The maximum Gasteiger partial charge on any atom is 0.220 e. The first kappa shape index (κ1) is 20.7. The van der Waals surface area contributed by atoms with Crippen molar-refractivity contribution < 1.29 is 4.79 Å². The number of carbonyl (C=O) groups excluding carboxylic acids is 1. The Morgan fingerprint density at radius 3 is 2.58 bits per heavy atom. The summed E-state index contributed by atoms with van der Waals surface area (Å²) in [6, 6.07) is 0. The fourth-order valence-electron chi connectivity index (χ4n) is 3.18. The smallest absolute Gasteiger partial charge is 0.220 e. The summed E-state index contributed by atoms with van der Waals surface area (Å²) in [4.78, 5) is 22.4. The summed E-state index contributed by atoms with van der Waals surface area (Å²) in [5.74, 6) is 1.57. The molecule has 1 saturated carbocycles. The molecule has 1 aliphatic rings. The van der Waals surface area contributed by atoms with Gasteiger partial charge in [0, 0.05) is 43.9 Å². The number of nitrogens with one attached hydrogen (secondary N) is 3. The largest absolute Gasteiger partial charge is 0.357 e. The van der Waals surface area contributed by atoms with Crippen molar-refractivity contribution >= 4 is 23.2 Å². The summed E-state index contributed by atoms with van der Waals surface area (Å²) in [6.45, 7) is 9.02. The van der Waals surface area contributed by atoms with Crippen molar-refractivity contribution in [3.8, 4) is 0 Å². The van der Waals surface area contributed by atoms with Crippen molar-refractivity contribution in [2.45, 2.75) is 59.3 Å². The average molecular weight is 380 g/mol. The van der Waals surface area contributed by atoms with Crippen molar-refractivity contribution in [2.24, 2.45) is 10.9 Å². The number of thiazole rings is 1. The molecule has 1 amide bonds. The highest BCUT2D eigenvalue weighted by Crippen LogP contribution is 2.27. The molecule has 0 spiro atoms. The van der Waals surface area contributed by atoms with E-state index in [2.05, 4.69) is 32.9 Å². The van der Waals surface area contributed by atoms with E-state index in [1.165, 1.54) is 30.6 Å². The van der Waals surface area contributed by atoms with Crippen LogP contribution in [0.2, 0.25) is 0 Å². The second-order valence-corrected chi connectivity index (χ2v) is 8.18. The van der Waals surface area contributed by atoms with Gasteiger partial charge in [-0.25, -0.2) is 4.98 Å². The van der Waals surface area contributed by atoms with Crippen LogP contribution in [0.1, 0.15) is 54.6 Å². The number of aryl methyl sites for hydroxylation is 2. The lowest BCUT2D eigenvalue weighted by molar-refractivity contribution is -0.121. The third-order valence-electron chi connectivity index (χ3n) is 4.70. The number of hydrogen-bond acceptors (Lipinski definition) is 4. The van der Waals surface area contributed by atoms with E-state index >= 15 is 0 Å². The zero-order chi connectivity index (χ0) is 18.8. The first-order valence-electron chi connectivity index (χ1n) is 9.80. The molecule has 3 N–H and O–H groups in total. The van der Waals surface area contributed by atoms with Gasteiger partial charge in [-0.05, 0) is 39.5 Å². The number of aromatic nitrogens is 1. The predicted octanol–water partition coefficient (Wildman–Crippen LogP) is 2.55. The number of nitrogens with zero attached hydrogens (tertiary/aromatic N) is 2. The van der Waals surface area contributed by atoms with Gasteiger partial charge in [0.15, 0.2) is 5.96 Å². The van der Waals surface area contributed by atoms with Gasteiger partial charge in [0.1, 0.15) is 0 Å². The SMILES string of the molecule is CCNC(=NCCc1nc(C)c(C)s1)NCCNC(=O)CC1CCCC1. The Hall–Kier alpha value is -1.63. The van der Waals surface area contributed by atoms with Gasteiger partial charge < -0.3 is 16.0 Å². The predicted molar refractivity (Wildman–Crippen MR) is 109 cm³/mol. The van der Waals surface area contributed by atoms with Gasteiger partial charge in [0.2, 0.25) is 5.91 Å². The maximum atomic E-state index is 11.9. The molecule has 2 rings (SSSR count). The number of guanidine groups is 1. The molecular formula is C19H33N5OS. The highest BCUT2D eigenvalue weighted by molar-refractivity contribution is 7.11. The van der Waals surface area contributed by atoms with Crippen LogP contribution in [0.5, 0.6) is 0 Å². The lowest BCUT2D eigenvalue weighted by Gasteiger charge is -2.13. The van der Waals surface area contributed by atoms with E-state index in [4.69, 9.17) is 0 Å². The molecule has 0 saturated heterocycles. The number of amides is 1. The zero-order valence-electron chi connectivity index (χ0n) is 16.4. The molecule has 1 heterocycles. The molecule has 0 bridgehead atoms. The van der Waals surface area contributed by atoms with Crippen LogP contribution in [0.4, 0.5) is 0 Å². The molecule has 0 aromatic carbocycles. The summed E-state index contributed by atoms with van der Waals surface area (Å²) in [5, 5.41) is 10.7. The molecule has 0 radical (unpaired) electrons. The Morgan fingerprint density at radius 1 is 1.19 bits per heavy atom. The molecule has 0 unspecified atom stereocenters. The van der Waals surface area contributed by atoms with Crippen LogP contribution in [0, 0.1) is 19.8 Å². The van der Waals surface area contributed by atoms with E-state index in [9.17, 15) is 4.79 Å². The molecule has 1 aromatic heterocycles. The third-order valence-corrected chi connectivity index (χ3v) is 5.83. The van der Waals surface area contributed by atoms with Crippen LogP contribution in [-0.4, -0.2) is 43.0 Å². The minimum atomic E-state index is 0.176. The molecule has 7 heteroatoms. The van der Waals surface area contributed by atoms with Gasteiger partial charge in [-0.15, -0.1) is 11.3 Å². The lowest BCUT2D eigenvalue weighted by atomic mass is 10.0. The monoisotopic (exact) mass is 379 g/mol. The summed E-state index contributed by atoms with van der Waals surface area (Å²) < 4.78 is 0. The van der Waals surface area contributed by atoms with E-state index in [1.54, 1.807) is 11.3 Å². The van der Waals surface area contributed by atoms with Crippen molar-refractivity contribution in [3.05, 3.63) is 15.6 Å². The Bertz CT molecular complexity index is 573. The fraction of sp³-hybridized carbons (Fsp3) is 0.737. The van der Waals surface area contributed by atoms with E-state index in [1.807, 2.05) is 13.8 Å². The van der Waals surface area contributed by atoms with Crippen LogP contribution in [-0.2, 0) is 11.2 Å². The van der Waals surface area contributed by atoms with Crippen LogP contribution >= 0.6 is 11.3 Å². The van der Waals surface area contributed by atoms with Crippen molar-refractivity contribution in [3.63, 3.8) is 0 Å². The number of carbonyl (C=O) groups is 1. The molecule has 26 heavy (non-hydrogen) atoms. The van der Waals surface area contributed by atoms with E-state index in [-0.39, 0.29) is 5.91 Å². The van der Waals surface area contributed by atoms with Crippen LogP contribution < -0.4 is 16.0 Å². The summed E-state index contributed by atoms with van der Waals surface area (Å²) in [7, 11) is 0. The molecule has 0 aliphatic heterocycles. The zero-order valence-corrected chi connectivity index (χ0v) is 17.2. The Kier molecular flexibility index (Phi) is 8.88. The lowest BCUT2D eigenvalue weighted by Crippen LogP contribution is -2.41. The second kappa shape index (κ2) is 11.2. The Labute approximate surface area is 161 Å². The van der Waals surface area contributed by atoms with E-state index < -0.39 is 0 Å². The topological polar surface area (TPSA) is 78.4 Å². The van der Waals surface area contributed by atoms with Crippen molar-refractivity contribution in [1.82, 2.24) is 20.9 Å². The molecule has 1 fully saturated rings. The quantitative estimate of drug-likeness (QED) is 0.350. The molecular weight excluding hydrogens is 346 g/mol. The molecule has 6 nitrogen and oxygen atoms in total. The first-order chi connectivity index (χ1) is 12.6. The van der Waals surface area contributed by atoms with Gasteiger partial charge in [-0.1, -0.05) is 12.8 Å². The standard InChI is InChI=1S/C19H33N5OS/c1-4-20-19(22-10-9-18-24-14(2)15(3)26-18)23-12-11-21-17(25)13-16-7-5-6-8-16/h16H,4-13H2,1-3H3,(H,21,25)(H2,20,22,23). The molecule has 0 atom stereocenters. The minimum absolute atomic E-state index is 0.176. The van der Waals surface area contributed by atoms with Gasteiger partial charge in [0.25, 0.3) is 0 Å². The molecule has 146 valence electrons. The van der Waals surface area contributed by atoms with Gasteiger partial charge >= 0.3 is 0 Å². The Morgan fingerprint density at radius 2 is 1.92 bits per heavy atom. The minimum Gasteiger partial charge on any atom is -0.357 e. The fourth-order valence-corrected chi connectivity index (χ4v) is 4.11. The van der Waals surface area contributed by atoms with Gasteiger partial charge in [-0.3, -0.25) is 9.79 Å². The van der Waals surface area contributed by atoms with Crippen LogP contribution in [0.25, 0.3) is 0 Å². The molecule has 1 aliphatic carbocycles. The summed E-state index contributed by atoms with van der Waals surface area (Å²) in [6.07, 6.45) is 6.52. The highest BCUT2D eigenvalue weighted by atomic mass is 32.1. The maximum absolute atomic E-state index is 11.9.